The third-order valence-electron chi connectivity index (χ3n) is 3.90. The molecule has 4 nitrogen and oxygen atoms in total. The van der Waals surface area contributed by atoms with E-state index < -0.39 is 6.04 Å². The molecule has 3 rings (SSSR count). The van der Waals surface area contributed by atoms with Gasteiger partial charge in [-0.25, -0.2) is 0 Å². The van der Waals surface area contributed by atoms with Crippen molar-refractivity contribution in [2.45, 2.75) is 19.5 Å². The van der Waals surface area contributed by atoms with Crippen LogP contribution in [0, 0.1) is 0 Å². The van der Waals surface area contributed by atoms with E-state index in [2.05, 4.69) is 16.7 Å². The number of nitrogens with one attached hydrogen (secondary N) is 2. The summed E-state index contributed by atoms with van der Waals surface area (Å²) >= 11 is 1.67. The summed E-state index contributed by atoms with van der Waals surface area (Å²) in [6.45, 7) is 3.11. The zero-order valence-electron chi connectivity index (χ0n) is 14.6. The molecule has 5 heteroatoms. The monoisotopic (exact) mass is 366 g/mol. The van der Waals surface area contributed by atoms with Gasteiger partial charge in [0.15, 0.2) is 0 Å². The Hall–Kier alpha value is -2.63. The average molecular weight is 366 g/mol. The van der Waals surface area contributed by atoms with Crippen LogP contribution in [-0.4, -0.2) is 12.5 Å². The molecule has 134 valence electrons. The molecular weight excluding hydrogens is 344 g/mol. The molecule has 1 atom stereocenters. The first-order valence-electron chi connectivity index (χ1n) is 8.61. The van der Waals surface area contributed by atoms with Gasteiger partial charge in [-0.05, 0) is 36.1 Å². The Morgan fingerprint density at radius 2 is 1.81 bits per heavy atom. The first-order valence-corrected chi connectivity index (χ1v) is 9.49. The van der Waals surface area contributed by atoms with Gasteiger partial charge in [-0.3, -0.25) is 10.1 Å². The SMILES string of the molecule is CCOc1ccccc1NC(=O)[C@@H](NCc1cccs1)c1ccccc1. The molecule has 0 saturated heterocycles. The number of hydrogen-bond donors (Lipinski definition) is 2. The van der Waals surface area contributed by atoms with E-state index in [1.54, 1.807) is 11.3 Å². The minimum atomic E-state index is -0.451. The van der Waals surface area contributed by atoms with Crippen molar-refractivity contribution < 1.29 is 9.53 Å². The maximum absolute atomic E-state index is 13.0. The zero-order chi connectivity index (χ0) is 18.2. The topological polar surface area (TPSA) is 50.4 Å². The standard InChI is InChI=1S/C21H22N2O2S/c1-2-25-19-13-7-6-12-18(19)23-21(24)20(16-9-4-3-5-10-16)22-15-17-11-8-14-26-17/h3-14,20,22H,2,15H2,1H3,(H,23,24)/t20-/m0/s1. The molecule has 1 aromatic heterocycles. The number of rotatable bonds is 8. The Morgan fingerprint density at radius 3 is 2.54 bits per heavy atom. The number of hydrogen-bond acceptors (Lipinski definition) is 4. The van der Waals surface area contributed by atoms with Gasteiger partial charge in [0, 0.05) is 11.4 Å². The highest BCUT2D eigenvalue weighted by Gasteiger charge is 2.21. The van der Waals surface area contributed by atoms with Crippen LogP contribution in [-0.2, 0) is 11.3 Å². The van der Waals surface area contributed by atoms with E-state index in [4.69, 9.17) is 4.74 Å². The minimum absolute atomic E-state index is 0.111. The lowest BCUT2D eigenvalue weighted by Crippen LogP contribution is -2.32. The number of amides is 1. The fraction of sp³-hybridized carbons (Fsp3) is 0.190. The predicted octanol–water partition coefficient (Wildman–Crippen LogP) is 4.62. The fourth-order valence-electron chi connectivity index (χ4n) is 2.68. The van der Waals surface area contributed by atoms with Gasteiger partial charge in [0.05, 0.1) is 12.3 Å². The summed E-state index contributed by atoms with van der Waals surface area (Å²) in [5.74, 6) is 0.563. The summed E-state index contributed by atoms with van der Waals surface area (Å²) in [4.78, 5) is 14.2. The van der Waals surface area contributed by atoms with Gasteiger partial charge >= 0.3 is 0 Å². The van der Waals surface area contributed by atoms with Gasteiger partial charge in [-0.15, -0.1) is 11.3 Å². The van der Waals surface area contributed by atoms with Crippen LogP contribution in [0.3, 0.4) is 0 Å². The molecule has 0 aliphatic rings. The number of thiophene rings is 1. The second-order valence-corrected chi connectivity index (χ2v) is 6.75. The largest absolute Gasteiger partial charge is 0.492 e. The van der Waals surface area contributed by atoms with Crippen molar-refractivity contribution in [1.82, 2.24) is 5.32 Å². The molecule has 2 N–H and O–H groups in total. The Labute approximate surface area is 157 Å². The quantitative estimate of drug-likeness (QED) is 0.612. The van der Waals surface area contributed by atoms with Crippen molar-refractivity contribution >= 4 is 22.9 Å². The lowest BCUT2D eigenvalue weighted by molar-refractivity contribution is -0.118. The third kappa shape index (κ3) is 4.71. The van der Waals surface area contributed by atoms with Crippen LogP contribution < -0.4 is 15.4 Å². The molecule has 2 aromatic carbocycles. The third-order valence-corrected chi connectivity index (χ3v) is 4.78. The van der Waals surface area contributed by atoms with Gasteiger partial charge in [0.1, 0.15) is 11.8 Å². The first kappa shape index (κ1) is 18.2. The number of anilines is 1. The van der Waals surface area contributed by atoms with E-state index in [0.29, 0.717) is 24.6 Å². The molecule has 0 saturated carbocycles. The van der Waals surface area contributed by atoms with Crippen molar-refractivity contribution in [2.75, 3.05) is 11.9 Å². The molecule has 3 aromatic rings. The highest BCUT2D eigenvalue weighted by molar-refractivity contribution is 7.09. The van der Waals surface area contributed by atoms with E-state index in [1.165, 1.54) is 4.88 Å². The molecule has 0 spiro atoms. The van der Waals surface area contributed by atoms with E-state index in [1.807, 2.05) is 73.0 Å². The normalized spacial score (nSPS) is 11.7. The lowest BCUT2D eigenvalue weighted by Gasteiger charge is -2.20. The van der Waals surface area contributed by atoms with Crippen LogP contribution >= 0.6 is 11.3 Å². The summed E-state index contributed by atoms with van der Waals surface area (Å²) in [6, 6.07) is 20.8. The maximum atomic E-state index is 13.0. The average Bonchev–Trinajstić information content (AvgIpc) is 3.18. The Kier molecular flexibility index (Phi) is 6.41. The minimum Gasteiger partial charge on any atom is -0.492 e. The summed E-state index contributed by atoms with van der Waals surface area (Å²) in [5, 5.41) is 8.40. The van der Waals surface area contributed by atoms with Crippen LogP contribution in [0.25, 0.3) is 0 Å². The predicted molar refractivity (Wildman–Crippen MR) is 107 cm³/mol. The highest BCUT2D eigenvalue weighted by atomic mass is 32.1. The number of benzene rings is 2. The molecule has 0 aliphatic carbocycles. The second-order valence-electron chi connectivity index (χ2n) is 5.72. The van der Waals surface area contributed by atoms with Crippen molar-refractivity contribution in [2.24, 2.45) is 0 Å². The smallest absolute Gasteiger partial charge is 0.246 e. The van der Waals surface area contributed by atoms with Gasteiger partial charge in [-0.2, -0.15) is 0 Å². The van der Waals surface area contributed by atoms with Crippen molar-refractivity contribution in [3.05, 3.63) is 82.6 Å². The molecule has 1 amide bonds. The molecule has 0 unspecified atom stereocenters. The maximum Gasteiger partial charge on any atom is 0.246 e. The fourth-order valence-corrected chi connectivity index (χ4v) is 3.34. The van der Waals surface area contributed by atoms with Crippen molar-refractivity contribution in [3.8, 4) is 5.75 Å². The van der Waals surface area contributed by atoms with Gasteiger partial charge < -0.3 is 10.1 Å². The van der Waals surface area contributed by atoms with E-state index >= 15 is 0 Å². The number of ether oxygens (including phenoxy) is 1. The summed E-state index contributed by atoms with van der Waals surface area (Å²) in [5.41, 5.74) is 1.61. The number of carbonyl (C=O) groups excluding carboxylic acids is 1. The van der Waals surface area contributed by atoms with Crippen molar-refractivity contribution in [1.29, 1.82) is 0 Å². The van der Waals surface area contributed by atoms with Gasteiger partial charge in [0.25, 0.3) is 0 Å². The molecule has 0 aliphatic heterocycles. The van der Waals surface area contributed by atoms with E-state index in [-0.39, 0.29) is 5.91 Å². The summed E-state index contributed by atoms with van der Waals surface area (Å²) in [6.07, 6.45) is 0. The molecule has 0 fully saturated rings. The highest BCUT2D eigenvalue weighted by Crippen LogP contribution is 2.25. The summed E-state index contributed by atoms with van der Waals surface area (Å²) < 4.78 is 5.61. The van der Waals surface area contributed by atoms with Gasteiger partial charge in [0.2, 0.25) is 5.91 Å². The Balaban J connectivity index is 1.78. The molecule has 0 radical (unpaired) electrons. The lowest BCUT2D eigenvalue weighted by atomic mass is 10.1. The molecule has 26 heavy (non-hydrogen) atoms. The second kappa shape index (κ2) is 9.17. The molecular formula is C21H22N2O2S. The van der Waals surface area contributed by atoms with E-state index in [0.717, 1.165) is 5.56 Å². The van der Waals surface area contributed by atoms with Crippen LogP contribution in [0.5, 0.6) is 5.75 Å². The molecule has 0 bridgehead atoms. The van der Waals surface area contributed by atoms with Crippen LogP contribution in [0.2, 0.25) is 0 Å². The Morgan fingerprint density at radius 1 is 1.04 bits per heavy atom. The van der Waals surface area contributed by atoms with Crippen LogP contribution in [0.4, 0.5) is 5.69 Å². The number of para-hydroxylation sites is 2. The summed E-state index contributed by atoms with van der Waals surface area (Å²) in [7, 11) is 0. The Bertz CT molecular complexity index is 819. The van der Waals surface area contributed by atoms with Crippen LogP contribution in [0.1, 0.15) is 23.4 Å². The van der Waals surface area contributed by atoms with Gasteiger partial charge in [-0.1, -0.05) is 48.5 Å². The molecule has 1 heterocycles. The van der Waals surface area contributed by atoms with Crippen molar-refractivity contribution in [3.63, 3.8) is 0 Å². The number of carbonyl (C=O) groups is 1. The first-order chi connectivity index (χ1) is 12.8. The van der Waals surface area contributed by atoms with E-state index in [9.17, 15) is 4.79 Å². The van der Waals surface area contributed by atoms with Crippen LogP contribution in [0.15, 0.2) is 72.1 Å². The zero-order valence-corrected chi connectivity index (χ0v) is 15.5.